The van der Waals surface area contributed by atoms with E-state index in [0.717, 1.165) is 16.6 Å². The van der Waals surface area contributed by atoms with Crippen LogP contribution in [-0.2, 0) is 6.54 Å². The lowest BCUT2D eigenvalue weighted by atomic mass is 10.1. The molecule has 0 fully saturated rings. The first-order valence-corrected chi connectivity index (χ1v) is 11.6. The van der Waals surface area contributed by atoms with E-state index in [1.165, 1.54) is 32.2 Å². The van der Waals surface area contributed by atoms with Crippen molar-refractivity contribution in [2.45, 2.75) is 37.1 Å². The van der Waals surface area contributed by atoms with Crippen LogP contribution < -0.4 is 4.57 Å². The Kier molecular flexibility index (Phi) is 5.54. The van der Waals surface area contributed by atoms with Crippen LogP contribution in [0.15, 0.2) is 95.0 Å². The molecule has 0 unspecified atom stereocenters. The second-order valence-corrected chi connectivity index (χ2v) is 9.30. The van der Waals surface area contributed by atoms with Crippen LogP contribution in [-0.4, -0.2) is 9.55 Å². The lowest BCUT2D eigenvalue weighted by molar-refractivity contribution is -0.692. The van der Waals surface area contributed by atoms with E-state index in [-0.39, 0.29) is 0 Å². The topological polar surface area (TPSA) is 21.7 Å². The first-order valence-electron chi connectivity index (χ1n) is 10.8. The predicted molar refractivity (Wildman–Crippen MR) is 130 cm³/mol. The Balaban J connectivity index is 1.45. The van der Waals surface area contributed by atoms with Crippen molar-refractivity contribution in [2.24, 2.45) is 0 Å². The summed E-state index contributed by atoms with van der Waals surface area (Å²) in [6.45, 7) is 7.13. The summed E-state index contributed by atoms with van der Waals surface area (Å²) in [5, 5.41) is 1.16. The number of fused-ring (bicyclic) bond motifs is 1. The Morgan fingerprint density at radius 1 is 0.906 bits per heavy atom. The summed E-state index contributed by atoms with van der Waals surface area (Å²) in [5.74, 6) is 0. The van der Waals surface area contributed by atoms with Crippen molar-refractivity contribution in [2.75, 3.05) is 0 Å². The van der Waals surface area contributed by atoms with Gasteiger partial charge in [-0.1, -0.05) is 65.9 Å². The number of nitrogens with zero attached hydrogens (tertiary/aromatic N) is 3. The van der Waals surface area contributed by atoms with Gasteiger partial charge in [-0.2, -0.15) is 0 Å². The third-order valence-electron chi connectivity index (χ3n) is 5.55. The summed E-state index contributed by atoms with van der Waals surface area (Å²) in [6.07, 6.45) is 7.61. The molecule has 0 aliphatic heterocycles. The Morgan fingerprint density at radius 2 is 1.69 bits per heavy atom. The number of rotatable bonds is 5. The lowest BCUT2D eigenvalue weighted by Crippen LogP contribution is -2.32. The fourth-order valence-corrected chi connectivity index (χ4v) is 5.19. The number of para-hydroxylation sites is 1. The minimum atomic E-state index is 0.678. The summed E-state index contributed by atoms with van der Waals surface area (Å²) in [4.78, 5) is 7.42. The molecule has 5 rings (SSSR count). The average molecular weight is 436 g/mol. The smallest absolute Gasteiger partial charge is 0.243 e. The van der Waals surface area contributed by atoms with Gasteiger partial charge in [-0.05, 0) is 56.2 Å². The average Bonchev–Trinajstić information content (AvgIpc) is 3.22. The number of aromatic nitrogens is 3. The van der Waals surface area contributed by atoms with Crippen molar-refractivity contribution in [1.29, 1.82) is 0 Å². The van der Waals surface area contributed by atoms with Gasteiger partial charge in [-0.15, -0.1) is 0 Å². The molecule has 0 atom stereocenters. The van der Waals surface area contributed by atoms with Crippen molar-refractivity contribution in [3.05, 3.63) is 114 Å². The first kappa shape index (κ1) is 20.5. The minimum absolute atomic E-state index is 0.678. The molecular formula is C28H25N3S. The highest BCUT2D eigenvalue weighted by molar-refractivity contribution is 7.99. The lowest BCUT2D eigenvalue weighted by Gasteiger charge is -2.12. The summed E-state index contributed by atoms with van der Waals surface area (Å²) >= 11 is 1.76. The number of hydrogen-bond acceptors (Lipinski definition) is 2. The number of pyridine rings is 1. The fourth-order valence-electron chi connectivity index (χ4n) is 4.24. The molecule has 0 aliphatic rings. The third-order valence-corrected chi connectivity index (χ3v) is 6.61. The van der Waals surface area contributed by atoms with E-state index in [4.69, 9.17) is 4.98 Å². The number of imidazole rings is 1. The summed E-state index contributed by atoms with van der Waals surface area (Å²) in [6, 6.07) is 25.5. The second-order valence-electron chi connectivity index (χ2n) is 8.19. The van der Waals surface area contributed by atoms with Gasteiger partial charge in [0.15, 0.2) is 0 Å². The molecule has 0 radical (unpaired) electrons. The SMILES string of the molecule is Cc1cc(C)c(-n2[c-][n+](Cc3ccc4cccc(Sc5ccccc5)c4n3)cc2)c(C)c1. The largest absolute Gasteiger partial charge is 0.326 e. The molecule has 0 N–H and O–H groups in total. The summed E-state index contributed by atoms with van der Waals surface area (Å²) < 4.78 is 4.15. The van der Waals surface area contributed by atoms with Gasteiger partial charge in [0.1, 0.15) is 6.54 Å². The van der Waals surface area contributed by atoms with Crippen LogP contribution in [0.4, 0.5) is 0 Å². The highest BCUT2D eigenvalue weighted by Crippen LogP contribution is 2.32. The summed E-state index contributed by atoms with van der Waals surface area (Å²) in [7, 11) is 0. The highest BCUT2D eigenvalue weighted by atomic mass is 32.2. The van der Waals surface area contributed by atoms with Gasteiger partial charge in [0, 0.05) is 27.6 Å². The Bertz CT molecular complexity index is 1380. The van der Waals surface area contributed by atoms with E-state index >= 15 is 0 Å². The Labute approximate surface area is 193 Å². The van der Waals surface area contributed by atoms with E-state index in [9.17, 15) is 0 Å². The molecule has 0 aliphatic carbocycles. The van der Waals surface area contributed by atoms with Crippen LogP contribution in [0.5, 0.6) is 0 Å². The predicted octanol–water partition coefficient (Wildman–Crippen LogP) is 6.24. The zero-order valence-corrected chi connectivity index (χ0v) is 19.4. The molecule has 4 heteroatoms. The fraction of sp³-hybridized carbons (Fsp3) is 0.143. The van der Waals surface area contributed by atoms with Crippen LogP contribution >= 0.6 is 11.8 Å². The Morgan fingerprint density at radius 3 is 2.47 bits per heavy atom. The molecule has 158 valence electrons. The molecular weight excluding hydrogens is 410 g/mol. The van der Waals surface area contributed by atoms with E-state index in [1.807, 2.05) is 6.07 Å². The molecule has 0 amide bonds. The molecule has 0 bridgehead atoms. The van der Waals surface area contributed by atoms with Crippen LogP contribution in [0.3, 0.4) is 0 Å². The maximum Gasteiger partial charge on any atom is 0.243 e. The van der Waals surface area contributed by atoms with Crippen molar-refractivity contribution in [3.63, 3.8) is 0 Å². The first-order chi connectivity index (χ1) is 15.6. The van der Waals surface area contributed by atoms with Crippen LogP contribution in [0.1, 0.15) is 22.4 Å². The molecule has 5 aromatic rings. The zero-order valence-electron chi connectivity index (χ0n) is 18.5. The normalized spacial score (nSPS) is 11.2. The number of aryl methyl sites for hydroxylation is 3. The van der Waals surface area contributed by atoms with Gasteiger partial charge in [0.2, 0.25) is 6.33 Å². The third kappa shape index (κ3) is 4.19. The maximum atomic E-state index is 5.02. The number of benzene rings is 3. The van der Waals surface area contributed by atoms with E-state index in [2.05, 4.69) is 115 Å². The molecule has 0 spiro atoms. The molecule has 2 heterocycles. The molecule has 32 heavy (non-hydrogen) atoms. The molecule has 0 saturated heterocycles. The summed E-state index contributed by atoms with van der Waals surface area (Å²) in [5.41, 5.74) is 7.07. The van der Waals surface area contributed by atoms with Gasteiger partial charge in [0.05, 0.1) is 16.9 Å². The highest BCUT2D eigenvalue weighted by Gasteiger charge is 2.10. The maximum absolute atomic E-state index is 5.02. The molecule has 3 aromatic carbocycles. The number of hydrogen-bond donors (Lipinski definition) is 0. The van der Waals surface area contributed by atoms with E-state index < -0.39 is 0 Å². The van der Waals surface area contributed by atoms with Crippen molar-refractivity contribution in [3.8, 4) is 5.69 Å². The zero-order chi connectivity index (χ0) is 22.1. The second kappa shape index (κ2) is 8.64. The van der Waals surface area contributed by atoms with Gasteiger partial charge in [0.25, 0.3) is 0 Å². The molecule has 0 saturated carbocycles. The minimum Gasteiger partial charge on any atom is -0.326 e. The van der Waals surface area contributed by atoms with Crippen LogP contribution in [0.25, 0.3) is 16.6 Å². The van der Waals surface area contributed by atoms with Crippen molar-refractivity contribution in [1.82, 2.24) is 9.55 Å². The molecule has 2 aromatic heterocycles. The van der Waals surface area contributed by atoms with Crippen molar-refractivity contribution < 1.29 is 4.57 Å². The van der Waals surface area contributed by atoms with Crippen LogP contribution in [0.2, 0.25) is 0 Å². The van der Waals surface area contributed by atoms with Crippen LogP contribution in [0, 0.1) is 27.1 Å². The van der Waals surface area contributed by atoms with E-state index in [1.54, 1.807) is 11.8 Å². The molecule has 3 nitrogen and oxygen atoms in total. The van der Waals surface area contributed by atoms with Crippen molar-refractivity contribution >= 4 is 22.7 Å². The van der Waals surface area contributed by atoms with Gasteiger partial charge in [-0.25, -0.2) is 4.98 Å². The van der Waals surface area contributed by atoms with Gasteiger partial charge < -0.3 is 9.13 Å². The monoisotopic (exact) mass is 435 g/mol. The Hall–Kier alpha value is -3.37. The standard InChI is InChI=1S/C28H25N3S/c1-20-16-21(2)28(22(3)17-20)31-15-14-30(19-31)18-24-13-12-23-8-7-11-26(27(23)29-24)32-25-9-5-4-6-10-25/h4-17H,18H2,1-3H3. The van der Waals surface area contributed by atoms with E-state index in [0.29, 0.717) is 6.54 Å². The van der Waals surface area contributed by atoms with Gasteiger partial charge in [-0.3, -0.25) is 0 Å². The van der Waals surface area contributed by atoms with Gasteiger partial charge >= 0.3 is 0 Å². The quantitative estimate of drug-likeness (QED) is 0.241.